The number of halogens is 1. The van der Waals surface area contributed by atoms with Crippen LogP contribution in [0.5, 0.6) is 5.75 Å². The fourth-order valence-electron chi connectivity index (χ4n) is 1.49. The van der Waals surface area contributed by atoms with E-state index in [1.165, 1.54) is 13.0 Å². The zero-order chi connectivity index (χ0) is 15.8. The van der Waals surface area contributed by atoms with Gasteiger partial charge in [-0.25, -0.2) is 9.18 Å². The quantitative estimate of drug-likeness (QED) is 0.782. The van der Waals surface area contributed by atoms with Crippen molar-refractivity contribution in [2.45, 2.75) is 20.3 Å². The van der Waals surface area contributed by atoms with E-state index in [9.17, 15) is 18.8 Å². The molecule has 0 aliphatic heterocycles. The molecule has 0 bridgehead atoms. The lowest BCUT2D eigenvalue weighted by molar-refractivity contribution is -0.122. The Morgan fingerprint density at radius 3 is 2.62 bits per heavy atom. The number of hydrogen-bond acceptors (Lipinski definition) is 4. The van der Waals surface area contributed by atoms with Gasteiger partial charge < -0.3 is 10.1 Å². The number of carbonyl (C=O) groups is 3. The van der Waals surface area contributed by atoms with Crippen LogP contribution in [-0.4, -0.2) is 30.9 Å². The summed E-state index contributed by atoms with van der Waals surface area (Å²) in [5.74, 6) is -1.53. The van der Waals surface area contributed by atoms with Crippen LogP contribution < -0.4 is 15.4 Å². The minimum atomic E-state index is -0.664. The zero-order valence-corrected chi connectivity index (χ0v) is 11.9. The van der Waals surface area contributed by atoms with Crippen LogP contribution in [0.4, 0.5) is 9.18 Å². The summed E-state index contributed by atoms with van der Waals surface area (Å²) in [5.41, 5.74) is 0.0400. The highest BCUT2D eigenvalue weighted by Crippen LogP contribution is 2.20. The average molecular weight is 296 g/mol. The number of rotatable bonds is 6. The molecule has 0 aromatic heterocycles. The summed E-state index contributed by atoms with van der Waals surface area (Å²) in [7, 11) is 0. The van der Waals surface area contributed by atoms with E-state index in [4.69, 9.17) is 4.74 Å². The number of ketones is 1. The predicted octanol–water partition coefficient (Wildman–Crippen LogP) is 1.64. The maximum atomic E-state index is 13.1. The third-order valence-electron chi connectivity index (χ3n) is 2.47. The van der Waals surface area contributed by atoms with E-state index in [1.807, 2.05) is 6.92 Å². The molecule has 1 aromatic carbocycles. The number of benzene rings is 1. The van der Waals surface area contributed by atoms with Gasteiger partial charge in [0.2, 0.25) is 0 Å². The Morgan fingerprint density at radius 1 is 1.29 bits per heavy atom. The summed E-state index contributed by atoms with van der Waals surface area (Å²) in [5, 5.41) is 4.54. The number of hydrogen-bond donors (Lipinski definition) is 2. The monoisotopic (exact) mass is 296 g/mol. The van der Waals surface area contributed by atoms with Gasteiger partial charge in [0, 0.05) is 6.54 Å². The molecule has 7 heteroatoms. The minimum absolute atomic E-state index is 0.0400. The second kappa shape index (κ2) is 7.98. The van der Waals surface area contributed by atoms with Crippen LogP contribution in [0.25, 0.3) is 0 Å². The van der Waals surface area contributed by atoms with E-state index in [0.717, 1.165) is 18.6 Å². The lowest BCUT2D eigenvalue weighted by atomic mass is 10.1. The van der Waals surface area contributed by atoms with Crippen molar-refractivity contribution in [3.05, 3.63) is 29.6 Å². The lowest BCUT2D eigenvalue weighted by Gasteiger charge is -2.10. The molecular weight excluding hydrogens is 279 g/mol. The SMILES string of the molecule is CCCNC(=O)NC(=O)COc1ccc(F)cc1C(C)=O. The maximum absolute atomic E-state index is 13.1. The first kappa shape index (κ1) is 16.6. The fourth-order valence-corrected chi connectivity index (χ4v) is 1.49. The second-order valence-electron chi connectivity index (χ2n) is 4.29. The highest BCUT2D eigenvalue weighted by Gasteiger charge is 2.13. The van der Waals surface area contributed by atoms with E-state index in [0.29, 0.717) is 6.54 Å². The third-order valence-corrected chi connectivity index (χ3v) is 2.47. The van der Waals surface area contributed by atoms with Crippen LogP contribution in [0.15, 0.2) is 18.2 Å². The summed E-state index contributed by atoms with van der Waals surface area (Å²) < 4.78 is 18.2. The van der Waals surface area contributed by atoms with Gasteiger partial charge in [0.1, 0.15) is 11.6 Å². The summed E-state index contributed by atoms with van der Waals surface area (Å²) in [6, 6.07) is 2.80. The molecular formula is C14H17FN2O4. The molecule has 114 valence electrons. The molecule has 0 saturated carbocycles. The molecule has 0 radical (unpaired) electrons. The van der Waals surface area contributed by atoms with Gasteiger partial charge in [0.15, 0.2) is 12.4 Å². The van der Waals surface area contributed by atoms with E-state index < -0.39 is 24.4 Å². The van der Waals surface area contributed by atoms with Crippen molar-refractivity contribution in [1.29, 1.82) is 0 Å². The summed E-state index contributed by atoms with van der Waals surface area (Å²) in [6.07, 6.45) is 0.746. The Balaban J connectivity index is 2.57. The molecule has 0 aliphatic carbocycles. The molecule has 1 aromatic rings. The van der Waals surface area contributed by atoms with Crippen LogP contribution in [0, 0.1) is 5.82 Å². The summed E-state index contributed by atoms with van der Waals surface area (Å²) >= 11 is 0. The van der Waals surface area contributed by atoms with Crippen molar-refractivity contribution >= 4 is 17.7 Å². The number of ether oxygens (including phenoxy) is 1. The van der Waals surface area contributed by atoms with Crippen LogP contribution in [0.3, 0.4) is 0 Å². The Hall–Kier alpha value is -2.44. The topological polar surface area (TPSA) is 84.5 Å². The van der Waals surface area contributed by atoms with Crippen molar-refractivity contribution < 1.29 is 23.5 Å². The van der Waals surface area contributed by atoms with Crippen LogP contribution in [-0.2, 0) is 4.79 Å². The zero-order valence-electron chi connectivity index (χ0n) is 11.9. The molecule has 0 saturated heterocycles. The standard InChI is InChI=1S/C14H17FN2O4/c1-3-6-16-14(20)17-13(19)8-21-12-5-4-10(15)7-11(12)9(2)18/h4-5,7H,3,6,8H2,1-2H3,(H2,16,17,19,20). The molecule has 3 amide bonds. The Bertz CT molecular complexity index is 546. The molecule has 0 heterocycles. The molecule has 2 N–H and O–H groups in total. The van der Waals surface area contributed by atoms with Gasteiger partial charge in [-0.1, -0.05) is 6.92 Å². The highest BCUT2D eigenvalue weighted by atomic mass is 19.1. The van der Waals surface area contributed by atoms with Gasteiger partial charge in [0.05, 0.1) is 5.56 Å². The average Bonchev–Trinajstić information content (AvgIpc) is 2.43. The first-order valence-electron chi connectivity index (χ1n) is 6.45. The van der Waals surface area contributed by atoms with Gasteiger partial charge in [-0.2, -0.15) is 0 Å². The maximum Gasteiger partial charge on any atom is 0.321 e. The minimum Gasteiger partial charge on any atom is -0.483 e. The number of nitrogens with one attached hydrogen (secondary N) is 2. The summed E-state index contributed by atoms with van der Waals surface area (Å²) in [4.78, 5) is 34.1. The number of Topliss-reactive ketones (excluding diaryl/α,β-unsaturated/α-hetero) is 1. The second-order valence-corrected chi connectivity index (χ2v) is 4.29. The molecule has 1 rings (SSSR count). The van der Waals surface area contributed by atoms with Crippen molar-refractivity contribution in [1.82, 2.24) is 10.6 Å². The smallest absolute Gasteiger partial charge is 0.321 e. The van der Waals surface area contributed by atoms with E-state index >= 15 is 0 Å². The molecule has 6 nitrogen and oxygen atoms in total. The normalized spacial score (nSPS) is 9.86. The van der Waals surface area contributed by atoms with E-state index in [1.54, 1.807) is 0 Å². The van der Waals surface area contributed by atoms with Crippen molar-refractivity contribution in [3.8, 4) is 5.75 Å². The van der Waals surface area contributed by atoms with Crippen molar-refractivity contribution in [3.63, 3.8) is 0 Å². The van der Waals surface area contributed by atoms with Crippen molar-refractivity contribution in [2.75, 3.05) is 13.2 Å². The first-order chi connectivity index (χ1) is 9.93. The lowest BCUT2D eigenvalue weighted by Crippen LogP contribution is -2.41. The molecule has 0 fully saturated rings. The predicted molar refractivity (Wildman–Crippen MR) is 73.7 cm³/mol. The molecule has 0 aliphatic rings. The van der Waals surface area contributed by atoms with Gasteiger partial charge in [-0.3, -0.25) is 14.9 Å². The van der Waals surface area contributed by atoms with Crippen LogP contribution >= 0.6 is 0 Å². The van der Waals surface area contributed by atoms with Crippen LogP contribution in [0.2, 0.25) is 0 Å². The molecule has 0 spiro atoms. The largest absolute Gasteiger partial charge is 0.483 e. The van der Waals surface area contributed by atoms with Gasteiger partial charge in [-0.15, -0.1) is 0 Å². The molecule has 21 heavy (non-hydrogen) atoms. The third kappa shape index (κ3) is 5.60. The van der Waals surface area contributed by atoms with E-state index in [2.05, 4.69) is 10.6 Å². The van der Waals surface area contributed by atoms with Gasteiger partial charge >= 0.3 is 6.03 Å². The highest BCUT2D eigenvalue weighted by molar-refractivity contribution is 5.97. The fraction of sp³-hybridized carbons (Fsp3) is 0.357. The Kier molecular flexibility index (Phi) is 6.32. The Labute approximate surface area is 121 Å². The molecule has 0 unspecified atom stereocenters. The number of amides is 3. The first-order valence-corrected chi connectivity index (χ1v) is 6.45. The number of carbonyl (C=O) groups excluding carboxylic acids is 3. The van der Waals surface area contributed by atoms with Crippen molar-refractivity contribution in [2.24, 2.45) is 0 Å². The number of urea groups is 1. The summed E-state index contributed by atoms with van der Waals surface area (Å²) in [6.45, 7) is 3.14. The molecule has 0 atom stereocenters. The Morgan fingerprint density at radius 2 is 2.00 bits per heavy atom. The van der Waals surface area contributed by atoms with E-state index in [-0.39, 0.29) is 17.1 Å². The van der Waals surface area contributed by atoms with Gasteiger partial charge in [-0.05, 0) is 31.5 Å². The van der Waals surface area contributed by atoms with Crippen LogP contribution in [0.1, 0.15) is 30.6 Å². The van der Waals surface area contributed by atoms with Gasteiger partial charge in [0.25, 0.3) is 5.91 Å². The number of imide groups is 1.